The van der Waals surface area contributed by atoms with Crippen molar-refractivity contribution in [2.75, 3.05) is 19.3 Å². The van der Waals surface area contributed by atoms with E-state index in [1.165, 1.54) is 6.42 Å². The summed E-state index contributed by atoms with van der Waals surface area (Å²) in [5.74, 6) is 2.54. The molecule has 0 aliphatic rings. The minimum Gasteiger partial charge on any atom is -0.317 e. The zero-order valence-corrected chi connectivity index (χ0v) is 14.5. The first-order valence-electron chi connectivity index (χ1n) is 7.71. The standard InChI is InChI=1S/C15H30N4S/c1-12(2)8-10-16-9-6-7-14-17-18-15(20-5)19(14)11-13(3)4/h12-13,16H,6-11H2,1-5H3. The van der Waals surface area contributed by atoms with E-state index in [-0.39, 0.29) is 0 Å². The molecule has 0 amide bonds. The molecule has 1 aromatic heterocycles. The fraction of sp³-hybridized carbons (Fsp3) is 0.867. The molecule has 116 valence electrons. The Hall–Kier alpha value is -0.550. The number of aryl methyl sites for hydroxylation is 1. The van der Waals surface area contributed by atoms with E-state index in [2.05, 4.69) is 54.0 Å². The van der Waals surface area contributed by atoms with Gasteiger partial charge in [-0.15, -0.1) is 10.2 Å². The maximum atomic E-state index is 4.35. The number of thioether (sulfide) groups is 1. The van der Waals surface area contributed by atoms with Crippen LogP contribution in [0.4, 0.5) is 0 Å². The van der Waals surface area contributed by atoms with E-state index in [0.29, 0.717) is 5.92 Å². The Kier molecular flexibility index (Phi) is 8.22. The number of hydrogen-bond acceptors (Lipinski definition) is 4. The van der Waals surface area contributed by atoms with Crippen molar-refractivity contribution in [1.29, 1.82) is 0 Å². The molecule has 0 bridgehead atoms. The van der Waals surface area contributed by atoms with Gasteiger partial charge in [-0.05, 0) is 44.0 Å². The lowest BCUT2D eigenvalue weighted by Crippen LogP contribution is -2.19. The lowest BCUT2D eigenvalue weighted by atomic mass is 10.1. The highest BCUT2D eigenvalue weighted by Crippen LogP contribution is 2.16. The molecule has 1 rings (SSSR count). The van der Waals surface area contributed by atoms with Crippen LogP contribution in [0.15, 0.2) is 5.16 Å². The highest BCUT2D eigenvalue weighted by atomic mass is 32.2. The summed E-state index contributed by atoms with van der Waals surface area (Å²) in [6.45, 7) is 12.2. The summed E-state index contributed by atoms with van der Waals surface area (Å²) in [7, 11) is 0. The van der Waals surface area contributed by atoms with Crippen molar-refractivity contribution in [1.82, 2.24) is 20.1 Å². The molecule has 0 atom stereocenters. The molecule has 1 heterocycles. The van der Waals surface area contributed by atoms with E-state index >= 15 is 0 Å². The van der Waals surface area contributed by atoms with Crippen LogP contribution in [-0.2, 0) is 13.0 Å². The average Bonchev–Trinajstić information content (AvgIpc) is 2.75. The fourth-order valence-corrected chi connectivity index (χ4v) is 2.61. The monoisotopic (exact) mass is 298 g/mol. The summed E-state index contributed by atoms with van der Waals surface area (Å²) in [6.07, 6.45) is 5.45. The molecule has 1 aromatic rings. The summed E-state index contributed by atoms with van der Waals surface area (Å²) in [4.78, 5) is 0. The van der Waals surface area contributed by atoms with Gasteiger partial charge in [0.25, 0.3) is 0 Å². The van der Waals surface area contributed by atoms with Gasteiger partial charge in [-0.25, -0.2) is 0 Å². The molecular formula is C15H30N4S. The van der Waals surface area contributed by atoms with Gasteiger partial charge in [0, 0.05) is 13.0 Å². The van der Waals surface area contributed by atoms with Gasteiger partial charge in [0.1, 0.15) is 5.82 Å². The third-order valence-corrected chi connectivity index (χ3v) is 3.84. The summed E-state index contributed by atoms with van der Waals surface area (Å²) >= 11 is 1.68. The first-order valence-corrected chi connectivity index (χ1v) is 8.93. The number of nitrogens with one attached hydrogen (secondary N) is 1. The second kappa shape index (κ2) is 9.40. The normalized spacial score (nSPS) is 11.8. The molecular weight excluding hydrogens is 268 g/mol. The lowest BCUT2D eigenvalue weighted by Gasteiger charge is -2.12. The minimum absolute atomic E-state index is 0.625. The van der Waals surface area contributed by atoms with Gasteiger partial charge in [-0.2, -0.15) is 0 Å². The molecule has 0 aliphatic heterocycles. The molecule has 4 nitrogen and oxygen atoms in total. The Morgan fingerprint density at radius 2 is 1.85 bits per heavy atom. The summed E-state index contributed by atoms with van der Waals surface area (Å²) in [5, 5.41) is 13.2. The predicted molar refractivity (Wildman–Crippen MR) is 87.3 cm³/mol. The SMILES string of the molecule is CSc1nnc(CCCNCCC(C)C)n1CC(C)C. The van der Waals surface area contributed by atoms with Crippen molar-refractivity contribution in [3.05, 3.63) is 5.82 Å². The van der Waals surface area contributed by atoms with Crippen LogP contribution in [-0.4, -0.2) is 34.1 Å². The maximum absolute atomic E-state index is 4.35. The summed E-state index contributed by atoms with van der Waals surface area (Å²) in [6, 6.07) is 0. The Morgan fingerprint density at radius 1 is 1.10 bits per heavy atom. The second-order valence-electron chi connectivity index (χ2n) is 6.14. The third kappa shape index (κ3) is 6.27. The molecule has 0 unspecified atom stereocenters. The van der Waals surface area contributed by atoms with E-state index < -0.39 is 0 Å². The molecule has 0 aliphatic carbocycles. The lowest BCUT2D eigenvalue weighted by molar-refractivity contribution is 0.474. The molecule has 0 saturated carbocycles. The van der Waals surface area contributed by atoms with Crippen LogP contribution in [0.3, 0.4) is 0 Å². The van der Waals surface area contributed by atoms with E-state index in [0.717, 1.165) is 49.4 Å². The van der Waals surface area contributed by atoms with Crippen LogP contribution in [0.1, 0.15) is 46.4 Å². The van der Waals surface area contributed by atoms with Crippen LogP contribution in [0.25, 0.3) is 0 Å². The van der Waals surface area contributed by atoms with Crippen molar-refractivity contribution in [3.63, 3.8) is 0 Å². The Balaban J connectivity index is 2.37. The molecule has 1 N–H and O–H groups in total. The Morgan fingerprint density at radius 3 is 2.45 bits per heavy atom. The molecule has 0 fully saturated rings. The van der Waals surface area contributed by atoms with E-state index in [1.54, 1.807) is 11.8 Å². The summed E-state index contributed by atoms with van der Waals surface area (Å²) < 4.78 is 2.28. The van der Waals surface area contributed by atoms with Crippen molar-refractivity contribution < 1.29 is 0 Å². The van der Waals surface area contributed by atoms with Gasteiger partial charge in [-0.1, -0.05) is 39.5 Å². The minimum atomic E-state index is 0.625. The third-order valence-electron chi connectivity index (χ3n) is 3.18. The van der Waals surface area contributed by atoms with Crippen molar-refractivity contribution in [3.8, 4) is 0 Å². The van der Waals surface area contributed by atoms with Crippen molar-refractivity contribution in [2.45, 2.75) is 58.7 Å². The van der Waals surface area contributed by atoms with Crippen molar-refractivity contribution >= 4 is 11.8 Å². The number of aromatic nitrogens is 3. The van der Waals surface area contributed by atoms with Crippen LogP contribution in [0.2, 0.25) is 0 Å². The van der Waals surface area contributed by atoms with E-state index in [9.17, 15) is 0 Å². The number of rotatable bonds is 10. The van der Waals surface area contributed by atoms with Crippen LogP contribution < -0.4 is 5.32 Å². The molecule has 0 radical (unpaired) electrons. The van der Waals surface area contributed by atoms with Crippen LogP contribution in [0, 0.1) is 11.8 Å². The van der Waals surface area contributed by atoms with Gasteiger partial charge < -0.3 is 9.88 Å². The second-order valence-corrected chi connectivity index (χ2v) is 6.92. The maximum Gasteiger partial charge on any atom is 0.190 e. The molecule has 0 aromatic carbocycles. The van der Waals surface area contributed by atoms with Gasteiger partial charge in [-0.3, -0.25) is 0 Å². The molecule has 0 spiro atoms. The van der Waals surface area contributed by atoms with E-state index in [4.69, 9.17) is 0 Å². The van der Waals surface area contributed by atoms with Crippen LogP contribution in [0.5, 0.6) is 0 Å². The highest BCUT2D eigenvalue weighted by Gasteiger charge is 2.11. The van der Waals surface area contributed by atoms with Gasteiger partial charge in [0.15, 0.2) is 5.16 Å². The first-order chi connectivity index (χ1) is 9.54. The topological polar surface area (TPSA) is 42.7 Å². The quantitative estimate of drug-likeness (QED) is 0.532. The van der Waals surface area contributed by atoms with E-state index in [1.807, 2.05) is 0 Å². The van der Waals surface area contributed by atoms with Gasteiger partial charge in [0.05, 0.1) is 0 Å². The zero-order valence-electron chi connectivity index (χ0n) is 13.6. The van der Waals surface area contributed by atoms with Crippen molar-refractivity contribution in [2.24, 2.45) is 11.8 Å². The first kappa shape index (κ1) is 17.5. The predicted octanol–water partition coefficient (Wildman–Crippen LogP) is 3.22. The summed E-state index contributed by atoms with van der Waals surface area (Å²) in [5.41, 5.74) is 0. The molecule has 5 heteroatoms. The number of hydrogen-bond donors (Lipinski definition) is 1. The largest absolute Gasteiger partial charge is 0.317 e. The van der Waals surface area contributed by atoms with Crippen LogP contribution >= 0.6 is 11.8 Å². The smallest absolute Gasteiger partial charge is 0.190 e. The zero-order chi connectivity index (χ0) is 15.0. The fourth-order valence-electron chi connectivity index (χ4n) is 2.09. The molecule has 20 heavy (non-hydrogen) atoms. The molecule has 0 saturated heterocycles. The highest BCUT2D eigenvalue weighted by molar-refractivity contribution is 7.98. The Bertz CT molecular complexity index is 374. The van der Waals surface area contributed by atoms with Gasteiger partial charge >= 0.3 is 0 Å². The Labute approximate surface area is 128 Å². The van der Waals surface area contributed by atoms with Gasteiger partial charge in [0.2, 0.25) is 0 Å². The number of nitrogens with zero attached hydrogens (tertiary/aromatic N) is 3. The average molecular weight is 298 g/mol.